The van der Waals surface area contributed by atoms with Crippen molar-refractivity contribution < 1.29 is 29.1 Å². The Kier molecular flexibility index (Phi) is 6.59. The van der Waals surface area contributed by atoms with E-state index in [0.29, 0.717) is 17.7 Å². The molecule has 0 aromatic heterocycles. The van der Waals surface area contributed by atoms with Crippen molar-refractivity contribution in [3.63, 3.8) is 0 Å². The normalized spacial score (nSPS) is 18.6. The molecule has 1 fully saturated rings. The fourth-order valence-electron chi connectivity index (χ4n) is 2.78. The van der Waals surface area contributed by atoms with E-state index in [1.807, 2.05) is 34.7 Å². The van der Waals surface area contributed by atoms with Gasteiger partial charge in [0.15, 0.2) is 11.5 Å². The van der Waals surface area contributed by atoms with E-state index in [-0.39, 0.29) is 11.5 Å². The van der Waals surface area contributed by atoms with E-state index >= 15 is 0 Å². The van der Waals surface area contributed by atoms with Crippen LogP contribution in [0.1, 0.15) is 38.8 Å². The Morgan fingerprint density at radius 2 is 1.86 bits per heavy atom. The first-order valence-electron chi connectivity index (χ1n) is 9.03. The van der Waals surface area contributed by atoms with Gasteiger partial charge in [0.2, 0.25) is 0 Å². The van der Waals surface area contributed by atoms with Crippen LogP contribution in [0.4, 0.5) is 0 Å². The van der Waals surface area contributed by atoms with Crippen LogP contribution in [-0.2, 0) is 14.1 Å². The Balaban J connectivity index is 2.49. The molecule has 0 aliphatic carbocycles. The number of phenolic OH excluding ortho intramolecular Hbond substituents is 1. The lowest BCUT2D eigenvalue weighted by Gasteiger charge is -2.32. The van der Waals surface area contributed by atoms with E-state index in [9.17, 15) is 9.90 Å². The van der Waals surface area contributed by atoms with Crippen LogP contribution in [0.2, 0.25) is 0 Å². The second-order valence-electron chi connectivity index (χ2n) is 7.67. The van der Waals surface area contributed by atoms with Crippen molar-refractivity contribution in [1.29, 1.82) is 0 Å². The van der Waals surface area contributed by atoms with Gasteiger partial charge >= 0.3 is 13.1 Å². The van der Waals surface area contributed by atoms with Gasteiger partial charge in [-0.1, -0.05) is 6.08 Å². The minimum Gasteiger partial charge on any atom is -0.504 e. The van der Waals surface area contributed by atoms with Crippen LogP contribution in [-0.4, -0.2) is 55.2 Å². The Bertz CT molecular complexity index is 784. The lowest BCUT2D eigenvalue weighted by atomic mass is 9.76. The molecule has 0 atom stereocenters. The molecule has 1 aliphatic rings. The van der Waals surface area contributed by atoms with Crippen molar-refractivity contribution in [2.75, 3.05) is 20.7 Å². The van der Waals surface area contributed by atoms with Crippen LogP contribution in [0.15, 0.2) is 23.7 Å². The van der Waals surface area contributed by atoms with Crippen molar-refractivity contribution in [3.8, 4) is 11.5 Å². The number of ether oxygens (including phenoxy) is 1. The van der Waals surface area contributed by atoms with E-state index in [2.05, 4.69) is 5.32 Å². The van der Waals surface area contributed by atoms with Gasteiger partial charge < -0.3 is 29.6 Å². The van der Waals surface area contributed by atoms with Gasteiger partial charge in [0.25, 0.3) is 0 Å². The van der Waals surface area contributed by atoms with E-state index < -0.39 is 24.3 Å². The van der Waals surface area contributed by atoms with Crippen molar-refractivity contribution >= 4 is 25.2 Å². The number of aromatic hydroxyl groups is 1. The number of carbonyl (C=O) groups is 1. The van der Waals surface area contributed by atoms with Gasteiger partial charge in [-0.25, -0.2) is 4.79 Å². The second-order valence-corrected chi connectivity index (χ2v) is 7.67. The smallest absolute Gasteiger partial charge is 0.491 e. The van der Waals surface area contributed by atoms with Gasteiger partial charge in [-0.2, -0.15) is 0 Å². The van der Waals surface area contributed by atoms with Gasteiger partial charge in [0.05, 0.1) is 18.3 Å². The molecule has 8 heteroatoms. The minimum atomic E-state index is -1.06. The number of likely N-dealkylation sites (N-methyl/N-ethyl adjacent to an activating group) is 1. The average Bonchev–Trinajstić information content (AvgIpc) is 2.82. The lowest BCUT2D eigenvalue weighted by molar-refractivity contribution is -0.131. The molecule has 0 bridgehead atoms. The van der Waals surface area contributed by atoms with Gasteiger partial charge in [0, 0.05) is 18.2 Å². The number of rotatable bonds is 7. The minimum absolute atomic E-state index is 0.0416. The largest absolute Gasteiger partial charge is 0.504 e. The molecular formula is C20H28BNO6. The van der Waals surface area contributed by atoms with Crippen LogP contribution in [0.5, 0.6) is 11.5 Å². The maximum Gasteiger partial charge on any atom is 0.491 e. The molecule has 1 heterocycles. The Hall–Kier alpha value is -2.29. The summed E-state index contributed by atoms with van der Waals surface area (Å²) in [5.74, 6) is -0.853. The molecule has 0 amide bonds. The summed E-state index contributed by atoms with van der Waals surface area (Å²) in [7, 11) is 2.67. The number of phenols is 1. The summed E-state index contributed by atoms with van der Waals surface area (Å²) in [5.41, 5.74) is 0.871. The van der Waals surface area contributed by atoms with E-state index in [1.165, 1.54) is 13.2 Å². The molecule has 28 heavy (non-hydrogen) atoms. The zero-order valence-corrected chi connectivity index (χ0v) is 17.2. The lowest BCUT2D eigenvalue weighted by Crippen LogP contribution is -2.41. The quantitative estimate of drug-likeness (QED) is 0.487. The average molecular weight is 389 g/mol. The molecule has 1 aromatic carbocycles. The zero-order chi connectivity index (χ0) is 21.1. The zero-order valence-electron chi connectivity index (χ0n) is 17.2. The molecule has 0 saturated carbocycles. The maximum atomic E-state index is 10.8. The molecule has 0 radical (unpaired) electrons. The molecule has 0 spiro atoms. The van der Waals surface area contributed by atoms with Crippen molar-refractivity contribution in [3.05, 3.63) is 34.8 Å². The Morgan fingerprint density at radius 1 is 1.25 bits per heavy atom. The van der Waals surface area contributed by atoms with Crippen molar-refractivity contribution in [2.45, 2.75) is 38.9 Å². The number of aliphatic carboxylic acids is 1. The molecule has 3 N–H and O–H groups in total. The number of hydrogen-bond acceptors (Lipinski definition) is 6. The third-order valence-electron chi connectivity index (χ3n) is 5.04. The highest BCUT2D eigenvalue weighted by molar-refractivity contribution is 6.56. The van der Waals surface area contributed by atoms with E-state index in [0.717, 1.165) is 11.5 Å². The number of carboxylic acid groups (broad SMARTS) is 1. The predicted octanol–water partition coefficient (Wildman–Crippen LogP) is 2.73. The van der Waals surface area contributed by atoms with Crippen LogP contribution < -0.4 is 10.1 Å². The van der Waals surface area contributed by atoms with Crippen LogP contribution >= 0.6 is 0 Å². The summed E-state index contributed by atoms with van der Waals surface area (Å²) < 4.78 is 17.5. The number of nitrogens with one attached hydrogen (secondary N) is 1. The van der Waals surface area contributed by atoms with Gasteiger partial charge in [-0.3, -0.25) is 0 Å². The highest BCUT2D eigenvalue weighted by Crippen LogP contribution is 2.40. The Morgan fingerprint density at radius 3 is 2.36 bits per heavy atom. The molecule has 1 aromatic rings. The van der Waals surface area contributed by atoms with Gasteiger partial charge in [-0.05, 0) is 64.0 Å². The van der Waals surface area contributed by atoms with Crippen LogP contribution in [0, 0.1) is 0 Å². The molecule has 152 valence electrons. The molecule has 1 saturated heterocycles. The fraction of sp³-hybridized carbons (Fsp3) is 0.450. The summed E-state index contributed by atoms with van der Waals surface area (Å²) in [4.78, 5) is 10.8. The topological polar surface area (TPSA) is 97.3 Å². The Labute approximate surface area is 166 Å². The summed E-state index contributed by atoms with van der Waals surface area (Å²) in [6, 6.07) is 3.25. The third kappa shape index (κ3) is 4.76. The number of hydrogen-bond donors (Lipinski definition) is 3. The molecule has 7 nitrogen and oxygen atoms in total. The standard InChI is InChI=1S/C20H28BNO6/c1-19(2)20(3,4)28-21(27-19)15(12-22-5)11-14-9-13(7-8-17(23)24)10-16(26-6)18(14)25/h7-11,22,25H,12H2,1-6H3,(H,23,24). The molecule has 0 unspecified atom stereocenters. The second kappa shape index (κ2) is 8.38. The van der Waals surface area contributed by atoms with E-state index in [4.69, 9.17) is 19.2 Å². The molecule has 2 rings (SSSR count). The van der Waals surface area contributed by atoms with Gasteiger partial charge in [0.1, 0.15) is 0 Å². The third-order valence-corrected chi connectivity index (χ3v) is 5.04. The summed E-state index contributed by atoms with van der Waals surface area (Å²) in [5, 5.41) is 22.5. The predicted molar refractivity (Wildman–Crippen MR) is 109 cm³/mol. The first kappa shape index (κ1) is 22.0. The van der Waals surface area contributed by atoms with Crippen LogP contribution in [0.25, 0.3) is 12.2 Å². The highest BCUT2D eigenvalue weighted by atomic mass is 16.7. The van der Waals surface area contributed by atoms with E-state index in [1.54, 1.807) is 18.2 Å². The van der Waals surface area contributed by atoms with Crippen molar-refractivity contribution in [2.24, 2.45) is 0 Å². The number of methoxy groups -OCH3 is 1. The number of benzene rings is 1. The maximum absolute atomic E-state index is 10.8. The summed E-state index contributed by atoms with van der Waals surface area (Å²) in [6.45, 7) is 8.38. The summed E-state index contributed by atoms with van der Waals surface area (Å²) >= 11 is 0. The van der Waals surface area contributed by atoms with Crippen LogP contribution in [0.3, 0.4) is 0 Å². The van der Waals surface area contributed by atoms with Gasteiger partial charge in [-0.15, -0.1) is 0 Å². The van der Waals surface area contributed by atoms with Crippen molar-refractivity contribution in [1.82, 2.24) is 5.32 Å². The summed E-state index contributed by atoms with van der Waals surface area (Å²) in [6.07, 6.45) is 4.24. The highest BCUT2D eigenvalue weighted by Gasteiger charge is 2.52. The monoisotopic (exact) mass is 389 g/mol. The first-order valence-corrected chi connectivity index (χ1v) is 9.03. The molecule has 1 aliphatic heterocycles. The SMILES string of the molecule is CNCC(=Cc1cc(C=CC(=O)O)cc(OC)c1O)B1OC(C)(C)C(C)(C)O1. The first-order chi connectivity index (χ1) is 13.0. The molecular weight excluding hydrogens is 361 g/mol. The fourth-order valence-corrected chi connectivity index (χ4v) is 2.78. The number of carboxylic acids is 1.